The van der Waals surface area contributed by atoms with Gasteiger partial charge in [-0.2, -0.15) is 0 Å². The summed E-state index contributed by atoms with van der Waals surface area (Å²) in [6.45, 7) is 7.75. The number of rotatable bonds is 11. The summed E-state index contributed by atoms with van der Waals surface area (Å²) in [6.07, 6.45) is 11.2. The molecule has 2 unspecified atom stereocenters. The van der Waals surface area contributed by atoms with Crippen molar-refractivity contribution < 1.29 is 5.11 Å². The van der Waals surface area contributed by atoms with Gasteiger partial charge in [0.25, 0.3) is 0 Å². The second-order valence-electron chi connectivity index (χ2n) is 12.6. The average molecular weight is 567 g/mol. The summed E-state index contributed by atoms with van der Waals surface area (Å²) in [5.74, 6) is 2.25. The molecule has 2 atom stereocenters. The number of anilines is 2. The van der Waals surface area contributed by atoms with Gasteiger partial charge in [-0.3, -0.25) is 9.88 Å². The summed E-state index contributed by atoms with van der Waals surface area (Å²) in [6, 6.07) is 13.6. The van der Waals surface area contributed by atoms with Crippen molar-refractivity contribution in [2.75, 3.05) is 57.5 Å². The first-order chi connectivity index (χ1) is 20.5. The van der Waals surface area contributed by atoms with Gasteiger partial charge in [-0.1, -0.05) is 24.6 Å². The van der Waals surface area contributed by atoms with Crippen molar-refractivity contribution in [3.63, 3.8) is 0 Å². The lowest BCUT2D eigenvalue weighted by molar-refractivity contribution is 0.0792. The molecule has 7 nitrogen and oxygen atoms in total. The van der Waals surface area contributed by atoms with Gasteiger partial charge in [0.15, 0.2) is 0 Å². The smallest absolute Gasteiger partial charge is 0.126 e. The number of fused-ring (bicyclic) bond motifs is 3. The first-order valence-corrected chi connectivity index (χ1v) is 15.8. The number of piperidine rings is 1. The molecule has 222 valence electrons. The molecule has 42 heavy (non-hydrogen) atoms. The lowest BCUT2D eigenvalue weighted by Crippen LogP contribution is -2.35. The summed E-state index contributed by atoms with van der Waals surface area (Å²) in [4.78, 5) is 13.9. The fourth-order valence-corrected chi connectivity index (χ4v) is 6.96. The molecular formula is C35H46N6O. The lowest BCUT2D eigenvalue weighted by atomic mass is 9.60. The number of hydrogen-bond donors (Lipinski definition) is 3. The van der Waals surface area contributed by atoms with Crippen molar-refractivity contribution in [3.05, 3.63) is 77.3 Å². The Labute approximate surface area is 251 Å². The SMILES string of the molecule is CCC1=C(CNc2ccc(NCCN(C)C)nc2)c2cc(-c3cncc(CN4CCC(O)CC4)c3)ccc2C2CCC12. The highest BCUT2D eigenvalue weighted by Crippen LogP contribution is 2.55. The van der Waals surface area contributed by atoms with Gasteiger partial charge in [0.2, 0.25) is 0 Å². The predicted octanol–water partition coefficient (Wildman–Crippen LogP) is 5.86. The number of nitrogens with one attached hydrogen (secondary N) is 2. The maximum absolute atomic E-state index is 9.88. The first kappa shape index (κ1) is 28.8. The van der Waals surface area contributed by atoms with Crippen LogP contribution in [-0.2, 0) is 6.54 Å². The number of pyridine rings is 2. The fraction of sp³-hybridized carbons (Fsp3) is 0.486. The molecular weight excluding hydrogens is 520 g/mol. The number of nitrogens with zero attached hydrogens (tertiary/aromatic N) is 4. The molecule has 1 aromatic carbocycles. The normalized spacial score (nSPS) is 20.7. The van der Waals surface area contributed by atoms with Crippen LogP contribution >= 0.6 is 0 Å². The van der Waals surface area contributed by atoms with Crippen LogP contribution in [0.2, 0.25) is 0 Å². The summed E-state index contributed by atoms with van der Waals surface area (Å²) in [5, 5.41) is 17.0. The molecule has 2 aliphatic carbocycles. The molecule has 0 bridgehead atoms. The van der Waals surface area contributed by atoms with E-state index in [9.17, 15) is 5.11 Å². The molecule has 3 heterocycles. The molecule has 1 saturated heterocycles. The molecule has 7 heteroatoms. The number of aromatic nitrogens is 2. The van der Waals surface area contributed by atoms with Gasteiger partial charge in [0.05, 0.1) is 18.0 Å². The molecule has 0 spiro atoms. The minimum absolute atomic E-state index is 0.146. The van der Waals surface area contributed by atoms with E-state index in [0.29, 0.717) is 11.8 Å². The molecule has 0 amide bonds. The van der Waals surface area contributed by atoms with Crippen LogP contribution in [0.1, 0.15) is 61.6 Å². The Morgan fingerprint density at radius 2 is 1.76 bits per heavy atom. The van der Waals surface area contributed by atoms with E-state index in [2.05, 4.69) is 87.8 Å². The van der Waals surface area contributed by atoms with Crippen LogP contribution in [0.4, 0.5) is 11.5 Å². The summed E-state index contributed by atoms with van der Waals surface area (Å²) >= 11 is 0. The predicted molar refractivity (Wildman–Crippen MR) is 173 cm³/mol. The minimum Gasteiger partial charge on any atom is -0.393 e. The van der Waals surface area contributed by atoms with E-state index in [0.717, 1.165) is 70.0 Å². The van der Waals surface area contributed by atoms with Gasteiger partial charge >= 0.3 is 0 Å². The van der Waals surface area contributed by atoms with Crippen LogP contribution in [0.25, 0.3) is 16.7 Å². The number of likely N-dealkylation sites (N-methyl/N-ethyl adjacent to an activating group) is 1. The lowest BCUT2D eigenvalue weighted by Gasteiger charge is -2.45. The zero-order valence-electron chi connectivity index (χ0n) is 25.4. The highest BCUT2D eigenvalue weighted by molar-refractivity contribution is 5.81. The zero-order chi connectivity index (χ0) is 29.1. The van der Waals surface area contributed by atoms with E-state index in [1.807, 2.05) is 18.6 Å². The van der Waals surface area contributed by atoms with E-state index in [1.165, 1.54) is 46.2 Å². The number of hydrogen-bond acceptors (Lipinski definition) is 7. The van der Waals surface area contributed by atoms with Crippen molar-refractivity contribution in [1.29, 1.82) is 0 Å². The fourth-order valence-electron chi connectivity index (χ4n) is 6.96. The van der Waals surface area contributed by atoms with Crippen LogP contribution in [0.3, 0.4) is 0 Å². The van der Waals surface area contributed by atoms with Gasteiger partial charge in [-0.25, -0.2) is 4.98 Å². The topological polar surface area (TPSA) is 76.5 Å². The largest absolute Gasteiger partial charge is 0.393 e. The van der Waals surface area contributed by atoms with Crippen molar-refractivity contribution in [1.82, 2.24) is 19.8 Å². The Bertz CT molecular complexity index is 1390. The Morgan fingerprint density at radius 3 is 2.48 bits per heavy atom. The van der Waals surface area contributed by atoms with Crippen molar-refractivity contribution in [2.45, 2.75) is 57.6 Å². The second-order valence-corrected chi connectivity index (χ2v) is 12.6. The van der Waals surface area contributed by atoms with E-state index in [-0.39, 0.29) is 6.10 Å². The molecule has 1 aliphatic heterocycles. The Kier molecular flexibility index (Phi) is 8.89. The number of likely N-dealkylation sites (tertiary alicyclic amines) is 1. The Balaban J connectivity index is 1.21. The van der Waals surface area contributed by atoms with Crippen molar-refractivity contribution in [3.8, 4) is 11.1 Å². The second kappa shape index (κ2) is 12.9. The van der Waals surface area contributed by atoms with Gasteiger partial charge < -0.3 is 20.6 Å². The van der Waals surface area contributed by atoms with Crippen LogP contribution in [0.15, 0.2) is 60.6 Å². The monoisotopic (exact) mass is 566 g/mol. The van der Waals surface area contributed by atoms with Crippen LogP contribution in [-0.4, -0.2) is 77.8 Å². The Morgan fingerprint density at radius 1 is 0.929 bits per heavy atom. The highest BCUT2D eigenvalue weighted by atomic mass is 16.3. The third-order valence-corrected chi connectivity index (χ3v) is 9.46. The number of allylic oxidation sites excluding steroid dienone is 1. The third kappa shape index (κ3) is 6.38. The zero-order valence-corrected chi connectivity index (χ0v) is 25.4. The van der Waals surface area contributed by atoms with Gasteiger partial charge in [-0.15, -0.1) is 0 Å². The van der Waals surface area contributed by atoms with Gasteiger partial charge in [-0.05, 0) is 110 Å². The van der Waals surface area contributed by atoms with E-state index < -0.39 is 0 Å². The van der Waals surface area contributed by atoms with E-state index >= 15 is 0 Å². The molecule has 0 radical (unpaired) electrons. The molecule has 3 aromatic rings. The van der Waals surface area contributed by atoms with E-state index in [1.54, 1.807) is 5.57 Å². The summed E-state index contributed by atoms with van der Waals surface area (Å²) in [5.41, 5.74) is 10.7. The number of aliphatic hydroxyl groups excluding tert-OH is 1. The summed E-state index contributed by atoms with van der Waals surface area (Å²) in [7, 11) is 4.16. The first-order valence-electron chi connectivity index (χ1n) is 15.8. The average Bonchev–Trinajstić information content (AvgIpc) is 2.98. The molecule has 3 N–H and O–H groups in total. The maximum Gasteiger partial charge on any atom is 0.126 e. The number of benzene rings is 1. The molecule has 1 saturated carbocycles. The quantitative estimate of drug-likeness (QED) is 0.269. The van der Waals surface area contributed by atoms with Gasteiger partial charge in [0.1, 0.15) is 5.82 Å². The van der Waals surface area contributed by atoms with Crippen LogP contribution < -0.4 is 10.6 Å². The summed E-state index contributed by atoms with van der Waals surface area (Å²) < 4.78 is 0. The van der Waals surface area contributed by atoms with Gasteiger partial charge in [0, 0.05) is 57.2 Å². The molecule has 3 aliphatic rings. The van der Waals surface area contributed by atoms with Crippen molar-refractivity contribution in [2.24, 2.45) is 5.92 Å². The van der Waals surface area contributed by atoms with E-state index in [4.69, 9.17) is 0 Å². The van der Waals surface area contributed by atoms with Crippen molar-refractivity contribution >= 4 is 17.1 Å². The minimum atomic E-state index is -0.146. The molecule has 6 rings (SSSR count). The van der Waals surface area contributed by atoms with Crippen LogP contribution in [0, 0.1) is 5.92 Å². The third-order valence-electron chi connectivity index (χ3n) is 9.46. The standard InChI is InChI=1S/C35H46N6O/c1-4-29-30-8-9-31(30)32-7-5-25(26-17-24(19-36-20-26)23-41-14-11-28(42)12-15-41)18-33(32)34(29)22-38-27-6-10-35(39-21-27)37-13-16-40(2)3/h5-7,10,17-21,28,30-31,38,42H,4,8-9,11-16,22-23H2,1-3H3,(H,37,39). The molecule has 2 aromatic heterocycles. The maximum atomic E-state index is 9.88. The number of aliphatic hydroxyl groups is 1. The molecule has 2 fully saturated rings. The highest BCUT2D eigenvalue weighted by Gasteiger charge is 2.40. The van der Waals surface area contributed by atoms with Crippen LogP contribution in [0.5, 0.6) is 0 Å². The Hall–Kier alpha value is -3.26.